The molecule has 1 N–H and O–H groups in total. The number of pyridine rings is 1. The first kappa shape index (κ1) is 25.0. The number of hydrogen-bond donors (Lipinski definition) is 1. The molecule has 36 heavy (non-hydrogen) atoms. The molecule has 1 aliphatic carbocycles. The first-order chi connectivity index (χ1) is 17.6. The second-order valence-corrected chi connectivity index (χ2v) is 12.5. The minimum atomic E-state index is -0.359. The molecule has 0 saturated heterocycles. The molecule has 5 rings (SSSR count). The Morgan fingerprint density at radius 2 is 1.67 bits per heavy atom. The van der Waals surface area contributed by atoms with Gasteiger partial charge in [0.1, 0.15) is 0 Å². The second-order valence-electron chi connectivity index (χ2n) is 8.42. The first-order valence-electron chi connectivity index (χ1n) is 11.8. The number of aliphatic hydroxyl groups is 1. The van der Waals surface area contributed by atoms with E-state index >= 15 is 0 Å². The number of aromatic nitrogens is 1. The van der Waals surface area contributed by atoms with Crippen LogP contribution in [0.2, 0.25) is 0 Å². The van der Waals surface area contributed by atoms with Crippen LogP contribution in [0.1, 0.15) is 6.42 Å². The van der Waals surface area contributed by atoms with E-state index in [9.17, 15) is 9.90 Å². The van der Waals surface area contributed by atoms with Gasteiger partial charge >= 0.3 is 0 Å². The Bertz CT molecular complexity index is 1570. The van der Waals surface area contributed by atoms with Crippen molar-refractivity contribution in [1.29, 1.82) is 0 Å². The molecular formula is C30H28NO2S3+. The van der Waals surface area contributed by atoms with Gasteiger partial charge in [0.2, 0.25) is 0 Å². The lowest BCUT2D eigenvalue weighted by Gasteiger charge is -2.13. The van der Waals surface area contributed by atoms with E-state index in [1.807, 2.05) is 31.3 Å². The van der Waals surface area contributed by atoms with Gasteiger partial charge in [-0.2, -0.15) is 0 Å². The number of thioether (sulfide) groups is 2. The number of rotatable bonds is 7. The van der Waals surface area contributed by atoms with Crippen molar-refractivity contribution in [2.24, 2.45) is 7.05 Å². The Hall–Kier alpha value is -2.64. The van der Waals surface area contributed by atoms with Crippen molar-refractivity contribution in [2.75, 3.05) is 18.6 Å². The lowest BCUT2D eigenvalue weighted by atomic mass is 10.1. The zero-order valence-electron chi connectivity index (χ0n) is 20.3. The molecule has 4 aromatic rings. The molecule has 1 unspecified atom stereocenters. The molecule has 0 spiro atoms. The Kier molecular flexibility index (Phi) is 7.77. The Labute approximate surface area is 223 Å². The van der Waals surface area contributed by atoms with E-state index in [-0.39, 0.29) is 22.9 Å². The van der Waals surface area contributed by atoms with Crippen molar-refractivity contribution in [3.63, 3.8) is 0 Å². The predicted octanol–water partition coefficient (Wildman–Crippen LogP) is 6.90. The standard InChI is InChI=1S/C30H28NO2S3/c1-31-28-9-4-3-8-26(28)30(33)27-20-25(16-17-29(27)31)36(24-13-10-21(34-2)11-14-24)23-7-5-6-22(12-15-23)35-19-18-32/h3-4,6-17,20,32H,5,18-19H2,1-2H3/q+1. The van der Waals surface area contributed by atoms with Gasteiger partial charge in [0.25, 0.3) is 0 Å². The third kappa shape index (κ3) is 4.96. The van der Waals surface area contributed by atoms with E-state index in [2.05, 4.69) is 77.6 Å². The summed E-state index contributed by atoms with van der Waals surface area (Å²) in [5.74, 6) is 0.690. The number of hydrogen-bond acceptors (Lipinski definition) is 4. The third-order valence-electron chi connectivity index (χ3n) is 6.26. The summed E-state index contributed by atoms with van der Waals surface area (Å²) in [4.78, 5) is 19.5. The topological polar surface area (TPSA) is 42.2 Å². The predicted molar refractivity (Wildman–Crippen MR) is 158 cm³/mol. The number of para-hydroxylation sites is 1. The van der Waals surface area contributed by atoms with Crippen molar-refractivity contribution in [1.82, 2.24) is 4.57 Å². The summed E-state index contributed by atoms with van der Waals surface area (Å²) in [6.07, 6.45) is 11.8. The molecule has 0 bridgehead atoms. The molecule has 1 heterocycles. The average Bonchev–Trinajstić information content (AvgIpc) is 3.16. The third-order valence-corrected chi connectivity index (χ3v) is 10.3. The van der Waals surface area contributed by atoms with Crippen LogP contribution in [0.25, 0.3) is 21.8 Å². The van der Waals surface area contributed by atoms with E-state index in [0.29, 0.717) is 5.75 Å². The zero-order valence-corrected chi connectivity index (χ0v) is 22.8. The molecule has 6 heteroatoms. The number of fused-ring (bicyclic) bond motifs is 2. The van der Waals surface area contributed by atoms with E-state index in [1.54, 1.807) is 23.5 Å². The van der Waals surface area contributed by atoms with Crippen LogP contribution in [-0.2, 0) is 17.9 Å². The fourth-order valence-electron chi connectivity index (χ4n) is 4.48. The van der Waals surface area contributed by atoms with Gasteiger partial charge < -0.3 is 9.67 Å². The quantitative estimate of drug-likeness (QED) is 0.160. The molecular weight excluding hydrogens is 503 g/mol. The van der Waals surface area contributed by atoms with Crippen LogP contribution in [0, 0.1) is 0 Å². The van der Waals surface area contributed by atoms with E-state index in [4.69, 9.17) is 0 Å². The number of aliphatic hydroxyl groups excluding tert-OH is 1. The van der Waals surface area contributed by atoms with Gasteiger partial charge in [0.15, 0.2) is 20.1 Å². The molecule has 182 valence electrons. The van der Waals surface area contributed by atoms with Gasteiger partial charge in [-0.05, 0) is 79.4 Å². The lowest BCUT2D eigenvalue weighted by Crippen LogP contribution is -2.11. The summed E-state index contributed by atoms with van der Waals surface area (Å²) >= 11 is 3.41. The van der Waals surface area contributed by atoms with Crippen molar-refractivity contribution in [3.05, 3.63) is 111 Å². The fourth-order valence-corrected chi connectivity index (χ4v) is 7.73. The van der Waals surface area contributed by atoms with Crippen molar-refractivity contribution >= 4 is 56.2 Å². The minimum Gasteiger partial charge on any atom is -0.396 e. The average molecular weight is 531 g/mol. The van der Waals surface area contributed by atoms with E-state index < -0.39 is 0 Å². The van der Waals surface area contributed by atoms with Crippen LogP contribution in [-0.4, -0.2) is 28.3 Å². The molecule has 0 saturated carbocycles. The summed E-state index contributed by atoms with van der Waals surface area (Å²) in [5.41, 5.74) is 1.97. The maximum absolute atomic E-state index is 13.5. The maximum atomic E-state index is 13.5. The Morgan fingerprint density at radius 3 is 2.44 bits per heavy atom. The zero-order chi connectivity index (χ0) is 25.1. The largest absolute Gasteiger partial charge is 0.396 e. The highest BCUT2D eigenvalue weighted by Crippen LogP contribution is 2.36. The van der Waals surface area contributed by atoms with Gasteiger partial charge in [0.05, 0.1) is 33.9 Å². The molecule has 3 nitrogen and oxygen atoms in total. The fraction of sp³-hybridized carbons (Fsp3) is 0.167. The summed E-state index contributed by atoms with van der Waals surface area (Å²) in [5, 5.41) is 10.7. The molecule has 0 amide bonds. The summed E-state index contributed by atoms with van der Waals surface area (Å²) < 4.78 is 2.11. The highest BCUT2D eigenvalue weighted by molar-refractivity contribution is 8.03. The van der Waals surface area contributed by atoms with Gasteiger partial charge in [-0.15, -0.1) is 23.5 Å². The van der Waals surface area contributed by atoms with Crippen LogP contribution < -0.4 is 5.43 Å². The summed E-state index contributed by atoms with van der Waals surface area (Å²) in [6.45, 7) is 0.170. The smallest absolute Gasteiger partial charge is 0.197 e. The molecule has 0 radical (unpaired) electrons. The second kappa shape index (κ2) is 11.2. The van der Waals surface area contributed by atoms with Gasteiger partial charge in [-0.1, -0.05) is 18.2 Å². The van der Waals surface area contributed by atoms with Crippen LogP contribution in [0.5, 0.6) is 0 Å². The summed E-state index contributed by atoms with van der Waals surface area (Å²) in [6, 6.07) is 23.0. The molecule has 1 atom stereocenters. The van der Waals surface area contributed by atoms with Gasteiger partial charge in [0, 0.05) is 34.1 Å². The number of allylic oxidation sites excluding steroid dienone is 4. The van der Waals surface area contributed by atoms with Gasteiger partial charge in [-0.25, -0.2) is 0 Å². The van der Waals surface area contributed by atoms with Crippen molar-refractivity contribution < 1.29 is 5.11 Å². The van der Waals surface area contributed by atoms with E-state index in [1.165, 1.54) is 19.6 Å². The monoisotopic (exact) mass is 530 g/mol. The van der Waals surface area contributed by atoms with Crippen LogP contribution >= 0.6 is 23.5 Å². The van der Waals surface area contributed by atoms with Crippen LogP contribution in [0.15, 0.2) is 120 Å². The molecule has 1 aromatic heterocycles. The highest BCUT2D eigenvalue weighted by atomic mass is 32.2. The lowest BCUT2D eigenvalue weighted by molar-refractivity contribution is 0.322. The Morgan fingerprint density at radius 1 is 0.917 bits per heavy atom. The SMILES string of the molecule is CSc1ccc([S+](C2=CCC=C(SCCO)C=C2)c2ccc3c(c2)c(=O)c2ccccc2n3C)cc1. The molecule has 1 aliphatic rings. The highest BCUT2D eigenvalue weighted by Gasteiger charge is 2.31. The number of nitrogens with zero attached hydrogens (tertiary/aromatic N) is 1. The van der Waals surface area contributed by atoms with Crippen molar-refractivity contribution in [2.45, 2.75) is 21.1 Å². The first-order valence-corrected chi connectivity index (χ1v) is 15.3. The van der Waals surface area contributed by atoms with Gasteiger partial charge in [-0.3, -0.25) is 4.79 Å². The Balaban J connectivity index is 1.65. The van der Waals surface area contributed by atoms with Crippen molar-refractivity contribution in [3.8, 4) is 0 Å². The van der Waals surface area contributed by atoms with E-state index in [0.717, 1.165) is 33.1 Å². The molecule has 0 fully saturated rings. The molecule has 0 aliphatic heterocycles. The number of benzene rings is 3. The van der Waals surface area contributed by atoms with Crippen LogP contribution in [0.3, 0.4) is 0 Å². The minimum absolute atomic E-state index is 0.0802. The maximum Gasteiger partial charge on any atom is 0.197 e. The molecule has 3 aromatic carbocycles. The number of aryl methyl sites for hydroxylation is 1. The normalized spacial score (nSPS) is 14.5. The summed E-state index contributed by atoms with van der Waals surface area (Å²) in [7, 11) is 1.67. The van der Waals surface area contributed by atoms with Crippen LogP contribution in [0.4, 0.5) is 0 Å².